The van der Waals surface area contributed by atoms with Crippen molar-refractivity contribution < 1.29 is 9.90 Å². The summed E-state index contributed by atoms with van der Waals surface area (Å²) in [5.74, 6) is -0.949. The Kier molecular flexibility index (Phi) is 23.7. The molecule has 0 bridgehead atoms. The Labute approximate surface area is 102 Å². The topological polar surface area (TPSA) is 49.3 Å². The van der Waals surface area contributed by atoms with Gasteiger partial charge in [-0.3, -0.25) is 4.79 Å². The Bertz CT molecular complexity index is 86.9. The average Bonchev–Trinajstić information content (AvgIpc) is 1.91. The van der Waals surface area contributed by atoms with E-state index in [0.717, 1.165) is 0 Å². The SMILES string of the molecule is C[C@H](NCl)C(=O)O.[NaH].[SeH][SeH]. The first kappa shape index (κ1) is 17.7. The van der Waals surface area contributed by atoms with E-state index in [0.29, 0.717) is 0 Å². The summed E-state index contributed by atoms with van der Waals surface area (Å²) in [5, 5.41) is 8.04. The molecule has 10 heavy (non-hydrogen) atoms. The van der Waals surface area contributed by atoms with Gasteiger partial charge in [0.25, 0.3) is 0 Å². The molecule has 7 heteroatoms. The molecule has 0 unspecified atom stereocenters. The fourth-order valence-electron chi connectivity index (χ4n) is 0.0467. The summed E-state index contributed by atoms with van der Waals surface area (Å²) in [4.78, 5) is 11.8. The summed E-state index contributed by atoms with van der Waals surface area (Å²) >= 11 is 9.42. The number of halogens is 1. The molecule has 0 spiro atoms. The number of rotatable bonds is 2. The molecule has 0 aliphatic rings. The van der Waals surface area contributed by atoms with Gasteiger partial charge in [-0.15, -0.1) is 0 Å². The Morgan fingerprint density at radius 3 is 2.00 bits per heavy atom. The van der Waals surface area contributed by atoms with Gasteiger partial charge in [-0.05, 0) is 18.7 Å². The fraction of sp³-hybridized carbons (Fsp3) is 0.667. The van der Waals surface area contributed by atoms with Gasteiger partial charge >= 0.3 is 63.9 Å². The van der Waals surface area contributed by atoms with Gasteiger partial charge in [0.05, 0.1) is 0 Å². The van der Waals surface area contributed by atoms with Crippen molar-refractivity contribution in [2.24, 2.45) is 0 Å². The zero-order chi connectivity index (χ0) is 7.86. The Morgan fingerprint density at radius 1 is 1.70 bits per heavy atom. The van der Waals surface area contributed by atoms with Gasteiger partial charge in [0, 0.05) is 0 Å². The number of carboxylic acids is 1. The molecule has 0 aromatic heterocycles. The predicted octanol–water partition coefficient (Wildman–Crippen LogP) is -1.74. The minimum atomic E-state index is -0.949. The van der Waals surface area contributed by atoms with Gasteiger partial charge in [-0.25, -0.2) is 4.84 Å². The summed E-state index contributed by atoms with van der Waals surface area (Å²) < 4.78 is 0. The van der Waals surface area contributed by atoms with Crippen LogP contribution in [-0.2, 0) is 4.79 Å². The van der Waals surface area contributed by atoms with Crippen LogP contribution in [0.2, 0.25) is 0 Å². The van der Waals surface area contributed by atoms with Crippen molar-refractivity contribution in [2.75, 3.05) is 0 Å². The summed E-state index contributed by atoms with van der Waals surface area (Å²) in [7, 11) is 0. The van der Waals surface area contributed by atoms with Crippen LogP contribution in [0.5, 0.6) is 0 Å². The van der Waals surface area contributed by atoms with Crippen molar-refractivity contribution in [1.29, 1.82) is 0 Å². The van der Waals surface area contributed by atoms with Crippen molar-refractivity contribution in [1.82, 2.24) is 4.84 Å². The average molecular weight is 307 g/mol. The number of carboxylic acid groups (broad SMARTS) is 1. The van der Waals surface area contributed by atoms with Crippen LogP contribution in [0.25, 0.3) is 0 Å². The van der Waals surface area contributed by atoms with Crippen LogP contribution in [0.15, 0.2) is 0 Å². The van der Waals surface area contributed by atoms with Crippen molar-refractivity contribution in [2.45, 2.75) is 13.0 Å². The molecule has 0 radical (unpaired) electrons. The molecule has 0 fully saturated rings. The van der Waals surface area contributed by atoms with E-state index in [2.05, 4.69) is 28.4 Å². The van der Waals surface area contributed by atoms with Crippen LogP contribution in [0.1, 0.15) is 6.92 Å². The molecule has 58 valence electrons. The molecule has 3 nitrogen and oxygen atoms in total. The second-order valence-electron chi connectivity index (χ2n) is 1.17. The van der Waals surface area contributed by atoms with Gasteiger partial charge < -0.3 is 5.11 Å². The van der Waals surface area contributed by atoms with Crippen molar-refractivity contribution in [3.63, 3.8) is 0 Å². The summed E-state index contributed by atoms with van der Waals surface area (Å²) in [5.41, 5.74) is 0. The van der Waals surface area contributed by atoms with E-state index in [1.54, 1.807) is 0 Å². The summed E-state index contributed by atoms with van der Waals surface area (Å²) in [6.07, 6.45) is 0. The molecule has 0 aliphatic carbocycles. The molecular formula is C3H9ClNNaO2Se2. The van der Waals surface area contributed by atoms with E-state index in [4.69, 9.17) is 16.9 Å². The van der Waals surface area contributed by atoms with Crippen LogP contribution >= 0.6 is 11.8 Å². The summed E-state index contributed by atoms with van der Waals surface area (Å²) in [6, 6.07) is -0.665. The van der Waals surface area contributed by atoms with Crippen LogP contribution in [-0.4, -0.2) is 75.0 Å². The van der Waals surface area contributed by atoms with Crippen LogP contribution < -0.4 is 4.84 Å². The molecular weight excluding hydrogens is 298 g/mol. The van der Waals surface area contributed by atoms with Gasteiger partial charge in [-0.2, -0.15) is 0 Å². The van der Waals surface area contributed by atoms with E-state index in [1.807, 2.05) is 4.84 Å². The van der Waals surface area contributed by atoms with E-state index >= 15 is 0 Å². The third-order valence-corrected chi connectivity index (χ3v) is 0.861. The van der Waals surface area contributed by atoms with Crippen LogP contribution in [0.4, 0.5) is 0 Å². The quantitative estimate of drug-likeness (QED) is 0.470. The third kappa shape index (κ3) is 12.4. The predicted molar refractivity (Wildman–Crippen MR) is 47.5 cm³/mol. The zero-order valence-corrected chi connectivity index (χ0v) is 9.21. The monoisotopic (exact) mass is 309 g/mol. The van der Waals surface area contributed by atoms with Gasteiger partial charge in [0.15, 0.2) is 0 Å². The molecule has 1 atom stereocenters. The Balaban J connectivity index is -0.000000149. The van der Waals surface area contributed by atoms with Gasteiger partial charge in [-0.1, -0.05) is 0 Å². The van der Waals surface area contributed by atoms with E-state index in [-0.39, 0.29) is 29.6 Å². The van der Waals surface area contributed by atoms with Gasteiger partial charge in [0.1, 0.15) is 6.04 Å². The zero-order valence-electron chi connectivity index (χ0n) is 4.71. The molecule has 0 saturated carbocycles. The van der Waals surface area contributed by atoms with E-state index in [9.17, 15) is 4.79 Å². The number of nitrogens with one attached hydrogen (secondary N) is 1. The second-order valence-corrected chi connectivity index (χ2v) is 1.39. The van der Waals surface area contributed by atoms with Crippen LogP contribution in [0, 0.1) is 0 Å². The number of carbonyl (C=O) groups is 1. The standard InChI is InChI=1S/C3H6ClNO2.Na.H2Se2.H/c1-2(5-4)3(6)7;;1-2;/h2,5H,1H3,(H,6,7);;1-2H;/t2-;;;/m0.../s1. The van der Waals surface area contributed by atoms with Crippen molar-refractivity contribution in [3.05, 3.63) is 0 Å². The Hall–Kier alpha value is 1.76. The second kappa shape index (κ2) is 13.4. The number of hydrogen-bond acceptors (Lipinski definition) is 2. The van der Waals surface area contributed by atoms with Crippen LogP contribution in [0.3, 0.4) is 0 Å². The first-order chi connectivity index (χ1) is 4.18. The molecule has 2 N–H and O–H groups in total. The molecule has 0 aromatic carbocycles. The first-order valence-electron chi connectivity index (χ1n) is 1.97. The first-order valence-corrected chi connectivity index (χ1v) is 7.55. The maximum absolute atomic E-state index is 9.78. The number of hydrogen-bond donors (Lipinski definition) is 2. The molecule has 0 heterocycles. The molecule has 0 saturated heterocycles. The van der Waals surface area contributed by atoms with Crippen molar-refractivity contribution in [3.8, 4) is 0 Å². The van der Waals surface area contributed by atoms with E-state index in [1.165, 1.54) is 6.92 Å². The molecule has 0 aromatic rings. The molecule has 0 amide bonds. The number of aliphatic carboxylic acids is 1. The Morgan fingerprint density at radius 2 is 2.00 bits per heavy atom. The molecule has 0 aliphatic heterocycles. The van der Waals surface area contributed by atoms with E-state index < -0.39 is 12.0 Å². The molecule has 0 rings (SSSR count). The maximum atomic E-state index is 9.78. The normalized spacial score (nSPS) is 10.0. The van der Waals surface area contributed by atoms with Gasteiger partial charge in [0.2, 0.25) is 0 Å². The fourth-order valence-corrected chi connectivity index (χ4v) is 0.140. The van der Waals surface area contributed by atoms with Crippen molar-refractivity contribution >= 4 is 75.7 Å². The third-order valence-electron chi connectivity index (χ3n) is 0.534. The minimum absolute atomic E-state index is 0. The summed E-state index contributed by atoms with van der Waals surface area (Å²) in [6.45, 7) is 1.45.